The first-order valence-corrected chi connectivity index (χ1v) is 12.9. The molecular formula is C29H28N4O3S. The molecule has 1 aliphatic rings. The van der Waals surface area contributed by atoms with Crippen molar-refractivity contribution in [1.29, 1.82) is 0 Å². The van der Waals surface area contributed by atoms with Crippen LogP contribution in [-0.4, -0.2) is 38.7 Å². The lowest BCUT2D eigenvalue weighted by atomic mass is 9.97. The summed E-state index contributed by atoms with van der Waals surface area (Å²) in [7, 11) is 1.66. The second-order valence-corrected chi connectivity index (χ2v) is 10.4. The van der Waals surface area contributed by atoms with Crippen LogP contribution in [0.4, 0.5) is 0 Å². The van der Waals surface area contributed by atoms with Crippen molar-refractivity contribution in [2.75, 3.05) is 7.11 Å². The van der Waals surface area contributed by atoms with Gasteiger partial charge in [0, 0.05) is 16.0 Å². The van der Waals surface area contributed by atoms with Gasteiger partial charge in [-0.25, -0.2) is 0 Å². The number of aliphatic carboxylic acids is 1. The molecule has 0 amide bonds. The second-order valence-electron chi connectivity index (χ2n) is 9.18. The molecule has 0 saturated carbocycles. The molecule has 0 aliphatic carbocycles. The topological polar surface area (TPSA) is 89.6 Å². The number of aryl methyl sites for hydroxylation is 2. The number of fused-ring (bicyclic) bond motifs is 3. The molecule has 188 valence electrons. The lowest BCUT2D eigenvalue weighted by Gasteiger charge is -2.16. The van der Waals surface area contributed by atoms with Crippen LogP contribution in [0, 0.1) is 26.7 Å². The number of hydrogen-bond acceptors (Lipinski definition) is 6. The third-order valence-electron chi connectivity index (χ3n) is 6.82. The Kier molecular flexibility index (Phi) is 6.52. The van der Waals surface area contributed by atoms with Crippen LogP contribution in [0.3, 0.4) is 0 Å². The summed E-state index contributed by atoms with van der Waals surface area (Å²) in [6.07, 6.45) is 4.12. The number of hydrogen-bond donors (Lipinski definition) is 1. The van der Waals surface area contributed by atoms with Crippen LogP contribution < -0.4 is 4.74 Å². The molecule has 1 aliphatic heterocycles. The van der Waals surface area contributed by atoms with Crippen LogP contribution in [0.1, 0.15) is 57.3 Å². The van der Waals surface area contributed by atoms with Crippen molar-refractivity contribution in [3.05, 3.63) is 92.9 Å². The number of nitrogens with zero attached hydrogens (tertiary/aromatic N) is 4. The zero-order valence-corrected chi connectivity index (χ0v) is 22.2. The van der Waals surface area contributed by atoms with Crippen molar-refractivity contribution in [2.45, 2.75) is 33.7 Å². The van der Waals surface area contributed by atoms with Crippen molar-refractivity contribution in [1.82, 2.24) is 14.8 Å². The van der Waals surface area contributed by atoms with Crippen molar-refractivity contribution >= 4 is 35.2 Å². The highest BCUT2D eigenvalue weighted by molar-refractivity contribution is 7.15. The van der Waals surface area contributed by atoms with Gasteiger partial charge in [-0.3, -0.25) is 14.4 Å². The Morgan fingerprint density at radius 2 is 1.65 bits per heavy atom. The average Bonchev–Trinajstić information content (AvgIpc) is 3.37. The molecule has 4 aromatic rings. The Bertz CT molecular complexity index is 1530. The molecule has 2 aromatic carbocycles. The molecule has 0 spiro atoms. The van der Waals surface area contributed by atoms with Crippen LogP contribution in [0.25, 0.3) is 17.2 Å². The van der Waals surface area contributed by atoms with Gasteiger partial charge in [0.15, 0.2) is 5.82 Å². The maximum atomic E-state index is 12.0. The molecule has 2 atom stereocenters. The molecule has 1 unspecified atom stereocenters. The fraction of sp³-hybridized carbons (Fsp3) is 0.241. The van der Waals surface area contributed by atoms with Gasteiger partial charge >= 0.3 is 5.97 Å². The zero-order valence-electron chi connectivity index (χ0n) is 21.4. The van der Waals surface area contributed by atoms with E-state index in [9.17, 15) is 9.90 Å². The first kappa shape index (κ1) is 24.6. The molecule has 7 nitrogen and oxygen atoms in total. The number of aromatic nitrogens is 3. The van der Waals surface area contributed by atoms with Crippen LogP contribution in [-0.2, 0) is 4.79 Å². The fourth-order valence-corrected chi connectivity index (χ4v) is 5.69. The Morgan fingerprint density at radius 1 is 1.03 bits per heavy atom. The highest BCUT2D eigenvalue weighted by Gasteiger charge is 2.36. The Morgan fingerprint density at radius 3 is 2.24 bits per heavy atom. The maximum absolute atomic E-state index is 12.0. The van der Waals surface area contributed by atoms with Crippen LogP contribution in [0.2, 0.25) is 0 Å². The molecule has 3 heterocycles. The Labute approximate surface area is 219 Å². The van der Waals surface area contributed by atoms with E-state index in [0.29, 0.717) is 5.82 Å². The summed E-state index contributed by atoms with van der Waals surface area (Å²) >= 11 is 1.66. The Balaban J connectivity index is 1.58. The second kappa shape index (κ2) is 9.78. The molecule has 5 rings (SSSR count). The van der Waals surface area contributed by atoms with E-state index in [1.54, 1.807) is 25.4 Å². The third kappa shape index (κ3) is 4.49. The molecule has 0 radical (unpaired) electrons. The van der Waals surface area contributed by atoms with Gasteiger partial charge in [0.05, 0.1) is 18.7 Å². The highest BCUT2D eigenvalue weighted by Crippen LogP contribution is 2.40. The van der Waals surface area contributed by atoms with Gasteiger partial charge in [-0.05, 0) is 56.5 Å². The van der Waals surface area contributed by atoms with Gasteiger partial charge in [-0.2, -0.15) is 0 Å². The monoisotopic (exact) mass is 512 g/mol. The van der Waals surface area contributed by atoms with E-state index in [2.05, 4.69) is 48.3 Å². The summed E-state index contributed by atoms with van der Waals surface area (Å²) in [5, 5.41) is 19.5. The minimum Gasteiger partial charge on any atom is -0.497 e. The number of carbonyl (C=O) groups is 1. The summed E-state index contributed by atoms with van der Waals surface area (Å²) in [4.78, 5) is 18.3. The standard InChI is InChI=1S/C29H28N4O3S/c1-16-18(3)37-28-24(16)26(30-25(17(2)29(34)35)27-32-31-19(4)33(27)28)22-12-8-20(9-13-22)6-7-21-10-14-23(36-5)15-11-21/h6-15,17,25H,1-5H3,(H,34,35)/t17-,25?/m0/s1. The van der Waals surface area contributed by atoms with Gasteiger partial charge in [-0.15, -0.1) is 21.5 Å². The lowest BCUT2D eigenvalue weighted by molar-refractivity contribution is -0.141. The number of benzene rings is 2. The first-order valence-electron chi connectivity index (χ1n) is 12.0. The van der Waals surface area contributed by atoms with Gasteiger partial charge in [0.2, 0.25) is 0 Å². The molecule has 2 aromatic heterocycles. The van der Waals surface area contributed by atoms with Gasteiger partial charge in [-0.1, -0.05) is 48.6 Å². The van der Waals surface area contributed by atoms with Crippen molar-refractivity contribution in [2.24, 2.45) is 10.9 Å². The molecule has 1 N–H and O–H groups in total. The number of aliphatic imine (C=N–C) groups is 1. The number of ether oxygens (including phenoxy) is 1. The number of rotatable bonds is 6. The van der Waals surface area contributed by atoms with Gasteiger partial charge < -0.3 is 9.84 Å². The van der Waals surface area contributed by atoms with Crippen LogP contribution in [0.5, 0.6) is 5.75 Å². The van der Waals surface area contributed by atoms with Crippen molar-refractivity contribution < 1.29 is 14.6 Å². The summed E-state index contributed by atoms with van der Waals surface area (Å²) in [6, 6.07) is 15.4. The summed E-state index contributed by atoms with van der Waals surface area (Å²) < 4.78 is 7.21. The first-order chi connectivity index (χ1) is 17.8. The minimum atomic E-state index is -0.919. The zero-order chi connectivity index (χ0) is 26.3. The quantitative estimate of drug-likeness (QED) is 0.318. The largest absolute Gasteiger partial charge is 0.497 e. The molecule has 37 heavy (non-hydrogen) atoms. The molecule has 0 bridgehead atoms. The summed E-state index contributed by atoms with van der Waals surface area (Å²) in [6.45, 7) is 7.75. The van der Waals surface area contributed by atoms with Crippen molar-refractivity contribution in [3.63, 3.8) is 0 Å². The maximum Gasteiger partial charge on any atom is 0.308 e. The normalized spacial score (nSPS) is 15.6. The van der Waals surface area contributed by atoms with E-state index in [0.717, 1.165) is 50.1 Å². The molecular weight excluding hydrogens is 484 g/mol. The van der Waals surface area contributed by atoms with Crippen LogP contribution >= 0.6 is 11.3 Å². The Hall–Kier alpha value is -4.04. The summed E-state index contributed by atoms with van der Waals surface area (Å²) in [5.41, 5.74) is 5.98. The van der Waals surface area contributed by atoms with Crippen molar-refractivity contribution in [3.8, 4) is 10.8 Å². The van der Waals surface area contributed by atoms with E-state index in [4.69, 9.17) is 9.73 Å². The van der Waals surface area contributed by atoms with E-state index >= 15 is 0 Å². The van der Waals surface area contributed by atoms with Crippen LogP contribution in [0.15, 0.2) is 53.5 Å². The lowest BCUT2D eigenvalue weighted by Crippen LogP contribution is -2.21. The SMILES string of the molecule is COc1ccc(C=Cc2ccc(C3=NC([C@H](C)C(=O)O)c4nnc(C)n4-c4sc(C)c(C)c43)cc2)cc1. The van der Waals surface area contributed by atoms with E-state index < -0.39 is 17.9 Å². The summed E-state index contributed by atoms with van der Waals surface area (Å²) in [5.74, 6) is 0.420. The predicted molar refractivity (Wildman–Crippen MR) is 147 cm³/mol. The highest BCUT2D eigenvalue weighted by atomic mass is 32.1. The minimum absolute atomic E-state index is 0.559. The predicted octanol–water partition coefficient (Wildman–Crippen LogP) is 6.05. The number of carboxylic acid groups (broad SMARTS) is 1. The molecule has 0 saturated heterocycles. The fourth-order valence-electron chi connectivity index (χ4n) is 4.48. The average molecular weight is 513 g/mol. The van der Waals surface area contributed by atoms with Gasteiger partial charge in [0.1, 0.15) is 22.6 Å². The van der Waals surface area contributed by atoms with E-state index in [1.807, 2.05) is 47.9 Å². The van der Waals surface area contributed by atoms with Gasteiger partial charge in [0.25, 0.3) is 0 Å². The van der Waals surface area contributed by atoms with E-state index in [1.165, 1.54) is 4.88 Å². The number of carboxylic acids is 1. The smallest absolute Gasteiger partial charge is 0.308 e. The molecule has 8 heteroatoms. The van der Waals surface area contributed by atoms with E-state index in [-0.39, 0.29) is 0 Å². The number of thiophene rings is 1. The number of methoxy groups -OCH3 is 1. The third-order valence-corrected chi connectivity index (χ3v) is 8.01. The molecule has 0 fully saturated rings.